The molecule has 0 saturated carbocycles. The van der Waals surface area contributed by atoms with Crippen molar-refractivity contribution in [2.75, 3.05) is 0 Å². The number of hydrogen-bond acceptors (Lipinski definition) is 6. The van der Waals surface area contributed by atoms with Gasteiger partial charge in [0.2, 0.25) is 0 Å². The van der Waals surface area contributed by atoms with E-state index in [1.807, 2.05) is 98.8 Å². The second-order valence-electron chi connectivity index (χ2n) is 14.8. The smallest absolute Gasteiger partial charge is 0.196 e. The highest BCUT2D eigenvalue weighted by Crippen LogP contribution is 2.42. The number of rotatable bonds is 5. The van der Waals surface area contributed by atoms with Crippen LogP contribution in [0, 0.1) is 61.0 Å². The van der Waals surface area contributed by atoms with Gasteiger partial charge in [-0.1, -0.05) is 78.9 Å². The molecule has 0 fully saturated rings. The number of nitrogens with zero attached hydrogens (tertiary/aromatic N) is 10. The van der Waals surface area contributed by atoms with E-state index in [1.165, 1.54) is 0 Å². The van der Waals surface area contributed by atoms with Crippen molar-refractivity contribution in [1.29, 1.82) is 15.8 Å². The van der Waals surface area contributed by atoms with Crippen molar-refractivity contribution in [1.82, 2.24) is 24.1 Å². The Labute approximate surface area is 355 Å². The summed E-state index contributed by atoms with van der Waals surface area (Å²) in [5.74, 6) is 1.56. The van der Waals surface area contributed by atoms with Gasteiger partial charge in [-0.05, 0) is 90.7 Å². The van der Waals surface area contributed by atoms with Gasteiger partial charge in [0.1, 0.15) is 23.3 Å². The Bertz CT molecular complexity index is 3560. The molecule has 0 saturated heterocycles. The Balaban J connectivity index is 1.33. The fourth-order valence-corrected chi connectivity index (χ4v) is 8.63. The van der Waals surface area contributed by atoms with Crippen LogP contribution in [0.1, 0.15) is 28.3 Å². The van der Waals surface area contributed by atoms with Crippen molar-refractivity contribution in [2.45, 2.75) is 13.8 Å². The highest BCUT2D eigenvalue weighted by Gasteiger charge is 2.24. The summed E-state index contributed by atoms with van der Waals surface area (Å²) in [6.07, 6.45) is 0. The summed E-state index contributed by atoms with van der Waals surface area (Å²) in [5, 5.41) is 35.1. The van der Waals surface area contributed by atoms with E-state index >= 15 is 0 Å². The Morgan fingerprint density at radius 1 is 0.500 bits per heavy atom. The molecule has 10 rings (SSSR count). The summed E-state index contributed by atoms with van der Waals surface area (Å²) in [6.45, 7) is 19.1. The van der Waals surface area contributed by atoms with Gasteiger partial charge < -0.3 is 9.13 Å². The zero-order valence-corrected chi connectivity index (χ0v) is 33.2. The highest BCUT2D eigenvalue weighted by molar-refractivity contribution is 6.12. The standard InChI is InChI=1S/C52H28N10/c1-30-58-31(2)60-52(59-30)35-25-50(61-46-11-7-5-9-40(46)42-18-14-33(23-48(42)61)38-20-16-37(56-3)22-36(38)28-54)44(29-55)51(26-35)62-47-12-8-6-10-41(47)43-19-15-34(24-49(43)62)39-17-13-32(27-53)21-45(39)57-4/h5-26H,1-2H3. The number of para-hydroxylation sites is 2. The van der Waals surface area contributed by atoms with Crippen molar-refractivity contribution < 1.29 is 0 Å². The lowest BCUT2D eigenvalue weighted by atomic mass is 9.98. The van der Waals surface area contributed by atoms with Crippen molar-refractivity contribution in [3.8, 4) is 63.2 Å². The second-order valence-corrected chi connectivity index (χ2v) is 14.8. The van der Waals surface area contributed by atoms with Gasteiger partial charge in [-0.3, -0.25) is 0 Å². The first-order valence-electron chi connectivity index (χ1n) is 19.5. The second kappa shape index (κ2) is 14.5. The first kappa shape index (κ1) is 36.9. The van der Waals surface area contributed by atoms with Crippen LogP contribution in [-0.2, 0) is 0 Å². The van der Waals surface area contributed by atoms with Gasteiger partial charge in [-0.15, -0.1) is 0 Å². The van der Waals surface area contributed by atoms with Gasteiger partial charge in [0, 0.05) is 38.2 Å². The summed E-state index contributed by atoms with van der Waals surface area (Å²) in [5.41, 5.74) is 10.1. The number of aromatic nitrogens is 5. The average molecular weight is 793 g/mol. The van der Waals surface area contributed by atoms with E-state index in [0.717, 1.165) is 54.7 Å². The molecule has 0 atom stereocenters. The summed E-state index contributed by atoms with van der Waals surface area (Å²) in [7, 11) is 0. The summed E-state index contributed by atoms with van der Waals surface area (Å²) in [4.78, 5) is 21.4. The van der Waals surface area contributed by atoms with Gasteiger partial charge in [0.15, 0.2) is 17.2 Å². The van der Waals surface area contributed by atoms with E-state index in [0.29, 0.717) is 73.6 Å². The predicted molar refractivity (Wildman–Crippen MR) is 241 cm³/mol. The molecule has 0 amide bonds. The van der Waals surface area contributed by atoms with Crippen molar-refractivity contribution >= 4 is 55.0 Å². The molecule has 62 heavy (non-hydrogen) atoms. The quantitative estimate of drug-likeness (QED) is 0.160. The third-order valence-electron chi connectivity index (χ3n) is 11.3. The van der Waals surface area contributed by atoms with Crippen molar-refractivity contribution in [3.63, 3.8) is 0 Å². The minimum atomic E-state index is 0.364. The molecule has 7 aromatic carbocycles. The van der Waals surface area contributed by atoms with Crippen LogP contribution in [0.25, 0.3) is 98.3 Å². The lowest BCUT2D eigenvalue weighted by Gasteiger charge is -2.18. The van der Waals surface area contributed by atoms with E-state index in [4.69, 9.17) is 23.1 Å². The molecular weight excluding hydrogens is 765 g/mol. The van der Waals surface area contributed by atoms with Crippen LogP contribution >= 0.6 is 0 Å². The first-order chi connectivity index (χ1) is 30.3. The molecule has 0 N–H and O–H groups in total. The maximum absolute atomic E-state index is 11.5. The normalized spacial score (nSPS) is 11.0. The Hall–Kier alpha value is -9.40. The molecule has 10 nitrogen and oxygen atoms in total. The van der Waals surface area contributed by atoms with Crippen LogP contribution < -0.4 is 0 Å². The van der Waals surface area contributed by atoms with Gasteiger partial charge in [0.25, 0.3) is 0 Å². The van der Waals surface area contributed by atoms with Crippen LogP contribution in [0.2, 0.25) is 0 Å². The zero-order valence-electron chi connectivity index (χ0n) is 33.2. The van der Waals surface area contributed by atoms with E-state index in [-0.39, 0.29) is 0 Å². The van der Waals surface area contributed by atoms with E-state index in [2.05, 4.69) is 54.1 Å². The zero-order chi connectivity index (χ0) is 42.6. The number of fused-ring (bicyclic) bond motifs is 6. The molecule has 3 heterocycles. The summed E-state index contributed by atoms with van der Waals surface area (Å²) < 4.78 is 4.19. The Kier molecular flexibility index (Phi) is 8.61. The molecule has 0 bridgehead atoms. The summed E-state index contributed by atoms with van der Waals surface area (Å²) >= 11 is 0. The lowest BCUT2D eigenvalue weighted by Crippen LogP contribution is -2.07. The molecule has 0 spiro atoms. The third-order valence-corrected chi connectivity index (χ3v) is 11.3. The molecule has 10 heteroatoms. The Morgan fingerprint density at radius 3 is 1.61 bits per heavy atom. The van der Waals surface area contributed by atoms with Crippen LogP contribution in [0.3, 0.4) is 0 Å². The van der Waals surface area contributed by atoms with Crippen LogP contribution in [-0.4, -0.2) is 24.1 Å². The highest BCUT2D eigenvalue weighted by atomic mass is 15.0. The maximum Gasteiger partial charge on any atom is 0.196 e. The summed E-state index contributed by atoms with van der Waals surface area (Å²) in [6, 6.07) is 49.4. The molecule has 286 valence electrons. The van der Waals surface area contributed by atoms with E-state index in [9.17, 15) is 15.8 Å². The fourth-order valence-electron chi connectivity index (χ4n) is 8.63. The molecule has 0 aliphatic rings. The number of hydrogen-bond donors (Lipinski definition) is 0. The SMILES string of the molecule is [C-]#[N+]c1ccc(-c2ccc3c4ccccc4n(-c4cc(-c5nc(C)nc(C)n5)cc(-n5c6ccccc6c6ccc(-c7ccc(C#N)cc7[N+]#[C-])cc65)c4C#N)c3c2)c(C#N)c1. The molecular formula is C52H28N10. The van der Waals surface area contributed by atoms with E-state index < -0.39 is 0 Å². The molecule has 0 aliphatic carbocycles. The molecule has 0 unspecified atom stereocenters. The van der Waals surface area contributed by atoms with Gasteiger partial charge in [0.05, 0.1) is 58.7 Å². The van der Waals surface area contributed by atoms with Crippen molar-refractivity contribution in [2.24, 2.45) is 0 Å². The molecule has 10 aromatic rings. The average Bonchev–Trinajstić information content (AvgIpc) is 3.82. The lowest BCUT2D eigenvalue weighted by molar-refractivity contribution is 0.927. The topological polar surface area (TPSA) is 129 Å². The maximum atomic E-state index is 11.5. The molecule has 0 radical (unpaired) electrons. The number of benzene rings is 7. The third kappa shape index (κ3) is 5.79. The molecule has 0 aliphatic heterocycles. The van der Waals surface area contributed by atoms with E-state index in [1.54, 1.807) is 36.4 Å². The minimum Gasteiger partial charge on any atom is -0.308 e. The first-order valence-corrected chi connectivity index (χ1v) is 19.5. The monoisotopic (exact) mass is 792 g/mol. The van der Waals surface area contributed by atoms with Crippen molar-refractivity contribution in [3.05, 3.63) is 185 Å². The predicted octanol–water partition coefficient (Wildman–Crippen LogP) is 12.4. The number of aryl methyl sites for hydroxylation is 2. The molecule has 3 aromatic heterocycles. The largest absolute Gasteiger partial charge is 0.308 e. The number of nitriles is 3. The van der Waals surface area contributed by atoms with Crippen LogP contribution in [0.4, 0.5) is 11.4 Å². The minimum absolute atomic E-state index is 0.364. The van der Waals surface area contributed by atoms with Crippen LogP contribution in [0.5, 0.6) is 0 Å². The Morgan fingerprint density at radius 2 is 1.06 bits per heavy atom. The van der Waals surface area contributed by atoms with Gasteiger partial charge in [-0.2, -0.15) is 15.8 Å². The van der Waals surface area contributed by atoms with Crippen LogP contribution in [0.15, 0.2) is 133 Å². The van der Waals surface area contributed by atoms with Gasteiger partial charge >= 0.3 is 0 Å². The van der Waals surface area contributed by atoms with Gasteiger partial charge in [-0.25, -0.2) is 24.6 Å². The fraction of sp³-hybridized carbons (Fsp3) is 0.0385.